The second kappa shape index (κ2) is 8.50. The fraction of sp³-hybridized carbons (Fsp3) is 0.579. The van der Waals surface area contributed by atoms with E-state index in [2.05, 4.69) is 33.8 Å². The lowest BCUT2D eigenvalue weighted by atomic mass is 9.98. The maximum absolute atomic E-state index is 12.5. The minimum atomic E-state index is -3.45. The first kappa shape index (κ1) is 20.0. The minimum absolute atomic E-state index is 0.302. The smallest absolute Gasteiger partial charge is 0.240 e. The van der Waals surface area contributed by atoms with E-state index < -0.39 is 10.0 Å². The zero-order valence-corrected chi connectivity index (χ0v) is 17.1. The highest BCUT2D eigenvalue weighted by Crippen LogP contribution is 2.19. The molecule has 27 heavy (non-hydrogen) atoms. The van der Waals surface area contributed by atoms with Gasteiger partial charge in [0.15, 0.2) is 0 Å². The van der Waals surface area contributed by atoms with Crippen molar-refractivity contribution in [2.75, 3.05) is 19.6 Å². The number of aryl methyl sites for hydroxylation is 1. The number of likely N-dealkylation sites (tertiary alicyclic amines) is 1. The molecule has 0 bridgehead atoms. The van der Waals surface area contributed by atoms with Gasteiger partial charge >= 0.3 is 0 Å². The maximum Gasteiger partial charge on any atom is 0.240 e. The average molecular weight is 392 g/mol. The monoisotopic (exact) mass is 391 g/mol. The predicted molar refractivity (Wildman–Crippen MR) is 105 cm³/mol. The second-order valence-corrected chi connectivity index (χ2v) is 9.46. The third kappa shape index (κ3) is 5.37. The number of benzene rings is 1. The summed E-state index contributed by atoms with van der Waals surface area (Å²) < 4.78 is 29.6. The summed E-state index contributed by atoms with van der Waals surface area (Å²) in [5, 5.41) is 8.41. The number of hydrogen-bond acceptors (Lipinski definition) is 5. The Kier molecular flexibility index (Phi) is 6.29. The van der Waals surface area contributed by atoms with Gasteiger partial charge < -0.3 is 0 Å². The van der Waals surface area contributed by atoms with E-state index >= 15 is 0 Å². The van der Waals surface area contributed by atoms with Crippen molar-refractivity contribution >= 4 is 10.0 Å². The summed E-state index contributed by atoms with van der Waals surface area (Å²) in [6.45, 7) is 9.20. The zero-order valence-electron chi connectivity index (χ0n) is 16.3. The SMILES string of the molecule is Cc1ccc(S(=O)(=O)NCC2CCCN(Cc3cn(C(C)C)nn3)C2)cc1. The molecular weight excluding hydrogens is 362 g/mol. The Bertz CT molecular complexity index is 845. The van der Waals surface area contributed by atoms with Crippen LogP contribution in [-0.4, -0.2) is 47.9 Å². The number of hydrogen-bond donors (Lipinski definition) is 1. The van der Waals surface area contributed by atoms with Gasteiger partial charge in [0.1, 0.15) is 0 Å². The minimum Gasteiger partial charge on any atom is -0.297 e. The van der Waals surface area contributed by atoms with Crippen LogP contribution in [0, 0.1) is 12.8 Å². The molecule has 1 aliphatic rings. The molecule has 1 atom stereocenters. The van der Waals surface area contributed by atoms with E-state index in [0.717, 1.165) is 43.7 Å². The normalized spacial score (nSPS) is 18.9. The van der Waals surface area contributed by atoms with Crippen molar-refractivity contribution in [2.45, 2.75) is 51.1 Å². The van der Waals surface area contributed by atoms with E-state index in [1.165, 1.54) is 0 Å². The molecule has 3 rings (SSSR count). The molecule has 0 spiro atoms. The van der Waals surface area contributed by atoms with Crippen LogP contribution in [0.15, 0.2) is 35.4 Å². The molecule has 1 fully saturated rings. The standard InChI is InChI=1S/C19H29N5O2S/c1-15(2)24-14-18(21-22-24)13-23-10-4-5-17(12-23)11-20-27(25,26)19-8-6-16(3)7-9-19/h6-9,14-15,17,20H,4-5,10-13H2,1-3H3. The molecule has 8 heteroatoms. The Morgan fingerprint density at radius 1 is 1.26 bits per heavy atom. The molecular formula is C19H29N5O2S. The highest BCUT2D eigenvalue weighted by atomic mass is 32.2. The van der Waals surface area contributed by atoms with Gasteiger partial charge in [-0.1, -0.05) is 22.9 Å². The van der Waals surface area contributed by atoms with E-state index in [-0.39, 0.29) is 0 Å². The van der Waals surface area contributed by atoms with Crippen LogP contribution in [0.4, 0.5) is 0 Å². The van der Waals surface area contributed by atoms with Crippen LogP contribution in [0.1, 0.15) is 44.0 Å². The van der Waals surface area contributed by atoms with Crippen molar-refractivity contribution in [1.82, 2.24) is 24.6 Å². The average Bonchev–Trinajstić information content (AvgIpc) is 3.10. The molecule has 0 amide bonds. The van der Waals surface area contributed by atoms with Crippen molar-refractivity contribution in [3.8, 4) is 0 Å². The molecule has 1 aliphatic heterocycles. The van der Waals surface area contributed by atoms with Gasteiger partial charge in [0, 0.05) is 25.7 Å². The van der Waals surface area contributed by atoms with Gasteiger partial charge in [0.25, 0.3) is 0 Å². The molecule has 1 aromatic carbocycles. The van der Waals surface area contributed by atoms with Gasteiger partial charge in [-0.05, 0) is 58.2 Å². The Labute approximate surface area is 161 Å². The fourth-order valence-corrected chi connectivity index (χ4v) is 4.47. The Hall–Kier alpha value is -1.77. The first-order chi connectivity index (χ1) is 12.8. The zero-order chi connectivity index (χ0) is 19.4. The Morgan fingerprint density at radius 3 is 2.67 bits per heavy atom. The lowest BCUT2D eigenvalue weighted by Crippen LogP contribution is -2.40. The van der Waals surface area contributed by atoms with E-state index in [4.69, 9.17) is 0 Å². The van der Waals surface area contributed by atoms with Crippen molar-refractivity contribution < 1.29 is 8.42 Å². The Morgan fingerprint density at radius 2 is 2.00 bits per heavy atom. The first-order valence-corrected chi connectivity index (χ1v) is 11.0. The summed E-state index contributed by atoms with van der Waals surface area (Å²) in [4.78, 5) is 2.66. The van der Waals surface area contributed by atoms with Crippen molar-refractivity contribution in [1.29, 1.82) is 0 Å². The largest absolute Gasteiger partial charge is 0.297 e. The lowest BCUT2D eigenvalue weighted by Gasteiger charge is -2.32. The van der Waals surface area contributed by atoms with E-state index in [1.807, 2.05) is 29.9 Å². The van der Waals surface area contributed by atoms with Gasteiger partial charge in [-0.2, -0.15) is 0 Å². The van der Waals surface area contributed by atoms with E-state index in [0.29, 0.717) is 23.4 Å². The molecule has 1 aromatic heterocycles. The predicted octanol–water partition coefficient (Wildman–Crippen LogP) is 2.36. The Balaban J connectivity index is 1.54. The third-order valence-corrected chi connectivity index (χ3v) is 6.41. The molecule has 0 aliphatic carbocycles. The molecule has 0 saturated carbocycles. The fourth-order valence-electron chi connectivity index (χ4n) is 3.36. The molecule has 0 radical (unpaired) electrons. The highest BCUT2D eigenvalue weighted by molar-refractivity contribution is 7.89. The number of aromatic nitrogens is 3. The quantitative estimate of drug-likeness (QED) is 0.784. The summed E-state index contributed by atoms with van der Waals surface area (Å²) in [6, 6.07) is 7.25. The van der Waals surface area contributed by atoms with Crippen LogP contribution in [0.2, 0.25) is 0 Å². The second-order valence-electron chi connectivity index (χ2n) is 7.69. The van der Waals surface area contributed by atoms with Gasteiger partial charge in [0.05, 0.1) is 16.8 Å². The molecule has 1 N–H and O–H groups in total. The third-order valence-electron chi connectivity index (χ3n) is 4.97. The number of nitrogens with one attached hydrogen (secondary N) is 1. The lowest BCUT2D eigenvalue weighted by molar-refractivity contribution is 0.167. The van der Waals surface area contributed by atoms with Crippen LogP contribution < -0.4 is 4.72 Å². The summed E-state index contributed by atoms with van der Waals surface area (Å²) in [5.41, 5.74) is 2.01. The van der Waals surface area contributed by atoms with Gasteiger partial charge in [0.2, 0.25) is 10.0 Å². The van der Waals surface area contributed by atoms with Crippen molar-refractivity contribution in [3.63, 3.8) is 0 Å². The van der Waals surface area contributed by atoms with Crippen LogP contribution in [-0.2, 0) is 16.6 Å². The number of rotatable bonds is 7. The van der Waals surface area contributed by atoms with Crippen LogP contribution in [0.25, 0.3) is 0 Å². The summed E-state index contributed by atoms with van der Waals surface area (Å²) in [5.74, 6) is 0.305. The highest BCUT2D eigenvalue weighted by Gasteiger charge is 2.23. The van der Waals surface area contributed by atoms with Gasteiger partial charge in [-0.25, -0.2) is 17.8 Å². The molecule has 1 unspecified atom stereocenters. The summed E-state index contributed by atoms with van der Waals surface area (Å²) >= 11 is 0. The van der Waals surface area contributed by atoms with Crippen LogP contribution in [0.3, 0.4) is 0 Å². The van der Waals surface area contributed by atoms with Crippen molar-refractivity contribution in [3.05, 3.63) is 41.7 Å². The van der Waals surface area contributed by atoms with E-state index in [1.54, 1.807) is 12.1 Å². The molecule has 1 saturated heterocycles. The molecule has 148 valence electrons. The molecule has 7 nitrogen and oxygen atoms in total. The maximum atomic E-state index is 12.5. The number of nitrogens with zero attached hydrogens (tertiary/aromatic N) is 4. The first-order valence-electron chi connectivity index (χ1n) is 9.53. The molecule has 2 aromatic rings. The summed E-state index contributed by atoms with van der Waals surface area (Å²) in [7, 11) is -3.45. The van der Waals surface area contributed by atoms with E-state index in [9.17, 15) is 8.42 Å². The topological polar surface area (TPSA) is 80.1 Å². The number of sulfonamides is 1. The van der Waals surface area contributed by atoms with Crippen LogP contribution in [0.5, 0.6) is 0 Å². The van der Waals surface area contributed by atoms with Crippen LogP contribution >= 0.6 is 0 Å². The van der Waals surface area contributed by atoms with Gasteiger partial charge in [-0.15, -0.1) is 5.10 Å². The van der Waals surface area contributed by atoms with Crippen molar-refractivity contribution in [2.24, 2.45) is 5.92 Å². The summed E-state index contributed by atoms with van der Waals surface area (Å²) in [6.07, 6.45) is 4.09. The molecule has 2 heterocycles. The number of piperidine rings is 1. The van der Waals surface area contributed by atoms with Gasteiger partial charge in [-0.3, -0.25) is 4.90 Å².